The molecular weight excluding hydrogens is 200 g/mol. The van der Waals surface area contributed by atoms with Gasteiger partial charge in [-0.25, -0.2) is 0 Å². The minimum atomic E-state index is 0.149. The average Bonchev–Trinajstić information content (AvgIpc) is 2.27. The van der Waals surface area contributed by atoms with E-state index >= 15 is 0 Å². The lowest BCUT2D eigenvalue weighted by Gasteiger charge is -2.32. The lowest BCUT2D eigenvalue weighted by atomic mass is 9.97. The molecule has 1 saturated heterocycles. The zero-order chi connectivity index (χ0) is 12.0. The molecular formula is C13H24N2O. The first kappa shape index (κ1) is 13.2. The van der Waals surface area contributed by atoms with Crippen molar-refractivity contribution in [2.24, 2.45) is 5.92 Å². The average molecular weight is 224 g/mol. The molecule has 1 aliphatic rings. The van der Waals surface area contributed by atoms with Crippen LogP contribution in [0.1, 0.15) is 33.6 Å². The minimum Gasteiger partial charge on any atom is -0.336 e. The van der Waals surface area contributed by atoms with E-state index in [1.54, 1.807) is 6.08 Å². The molecule has 0 aliphatic carbocycles. The van der Waals surface area contributed by atoms with Crippen molar-refractivity contribution in [3.63, 3.8) is 0 Å². The molecule has 1 heterocycles. The van der Waals surface area contributed by atoms with Gasteiger partial charge in [-0.15, -0.1) is 0 Å². The summed E-state index contributed by atoms with van der Waals surface area (Å²) in [5, 5.41) is 3.35. The van der Waals surface area contributed by atoms with E-state index in [-0.39, 0.29) is 5.91 Å². The van der Waals surface area contributed by atoms with Gasteiger partial charge in [0.1, 0.15) is 0 Å². The van der Waals surface area contributed by atoms with Crippen molar-refractivity contribution in [3.8, 4) is 0 Å². The second-order valence-electron chi connectivity index (χ2n) is 4.78. The maximum atomic E-state index is 11.9. The van der Waals surface area contributed by atoms with E-state index in [0.717, 1.165) is 19.6 Å². The summed E-state index contributed by atoms with van der Waals surface area (Å²) in [6.07, 6.45) is 5.86. The zero-order valence-electron chi connectivity index (χ0n) is 10.7. The number of hydrogen-bond acceptors (Lipinski definition) is 2. The van der Waals surface area contributed by atoms with Crippen LogP contribution in [0.4, 0.5) is 0 Å². The lowest BCUT2D eigenvalue weighted by Crippen LogP contribution is -2.42. The van der Waals surface area contributed by atoms with E-state index in [1.165, 1.54) is 12.8 Å². The van der Waals surface area contributed by atoms with Crippen LogP contribution in [-0.4, -0.2) is 36.5 Å². The molecule has 0 saturated carbocycles. The van der Waals surface area contributed by atoms with Gasteiger partial charge in [0.25, 0.3) is 0 Å². The Morgan fingerprint density at radius 2 is 2.06 bits per heavy atom. The topological polar surface area (TPSA) is 32.3 Å². The standard InChI is InChI=1S/C13H24N2O/c1-4-5-13(16)15(11(2)3)10-12-6-8-14-9-7-12/h4-5,11-12,14H,6-10H2,1-3H3. The Bertz CT molecular complexity index is 242. The fraction of sp³-hybridized carbons (Fsp3) is 0.769. The van der Waals surface area contributed by atoms with E-state index in [2.05, 4.69) is 19.2 Å². The summed E-state index contributed by atoms with van der Waals surface area (Å²) in [6, 6.07) is 0.290. The summed E-state index contributed by atoms with van der Waals surface area (Å²) in [7, 11) is 0. The van der Waals surface area contributed by atoms with Crippen LogP contribution in [0.3, 0.4) is 0 Å². The second-order valence-corrected chi connectivity index (χ2v) is 4.78. The maximum absolute atomic E-state index is 11.9. The highest BCUT2D eigenvalue weighted by molar-refractivity contribution is 5.87. The molecule has 0 atom stereocenters. The molecule has 0 bridgehead atoms. The third kappa shape index (κ3) is 3.97. The fourth-order valence-electron chi connectivity index (χ4n) is 2.14. The normalized spacial score (nSPS) is 18.2. The maximum Gasteiger partial charge on any atom is 0.246 e. The first-order chi connectivity index (χ1) is 7.65. The zero-order valence-corrected chi connectivity index (χ0v) is 10.7. The molecule has 0 aromatic rings. The Balaban J connectivity index is 2.52. The molecule has 1 amide bonds. The largest absolute Gasteiger partial charge is 0.336 e. The monoisotopic (exact) mass is 224 g/mol. The number of piperidine rings is 1. The number of carbonyl (C=O) groups excluding carboxylic acids is 1. The van der Waals surface area contributed by atoms with Gasteiger partial charge in [0.05, 0.1) is 0 Å². The van der Waals surface area contributed by atoms with Crippen LogP contribution >= 0.6 is 0 Å². The lowest BCUT2D eigenvalue weighted by molar-refractivity contribution is -0.128. The summed E-state index contributed by atoms with van der Waals surface area (Å²) < 4.78 is 0. The van der Waals surface area contributed by atoms with Crippen LogP contribution < -0.4 is 5.32 Å². The Hall–Kier alpha value is -0.830. The molecule has 1 fully saturated rings. The molecule has 3 nitrogen and oxygen atoms in total. The third-order valence-electron chi connectivity index (χ3n) is 3.13. The van der Waals surface area contributed by atoms with Crippen LogP contribution in [0.2, 0.25) is 0 Å². The highest BCUT2D eigenvalue weighted by atomic mass is 16.2. The Morgan fingerprint density at radius 3 is 2.56 bits per heavy atom. The van der Waals surface area contributed by atoms with Gasteiger partial charge in [0.15, 0.2) is 0 Å². The fourth-order valence-corrected chi connectivity index (χ4v) is 2.14. The van der Waals surface area contributed by atoms with Crippen LogP contribution in [0.25, 0.3) is 0 Å². The molecule has 0 aromatic heterocycles. The molecule has 1 N–H and O–H groups in total. The molecule has 1 aliphatic heterocycles. The van der Waals surface area contributed by atoms with Gasteiger partial charge in [-0.2, -0.15) is 0 Å². The smallest absolute Gasteiger partial charge is 0.246 e. The Labute approximate surface area is 98.9 Å². The molecule has 0 unspecified atom stereocenters. The first-order valence-corrected chi connectivity index (χ1v) is 6.29. The molecule has 16 heavy (non-hydrogen) atoms. The number of nitrogens with zero attached hydrogens (tertiary/aromatic N) is 1. The SMILES string of the molecule is CC=CC(=O)N(CC1CCNCC1)C(C)C. The number of amides is 1. The first-order valence-electron chi connectivity index (χ1n) is 6.29. The molecule has 0 aromatic carbocycles. The van der Waals surface area contributed by atoms with Gasteiger partial charge >= 0.3 is 0 Å². The molecule has 0 radical (unpaired) electrons. The minimum absolute atomic E-state index is 0.149. The van der Waals surface area contributed by atoms with Crippen LogP contribution in [0, 0.1) is 5.92 Å². The van der Waals surface area contributed by atoms with E-state index in [0.29, 0.717) is 12.0 Å². The van der Waals surface area contributed by atoms with Crippen LogP contribution in [-0.2, 0) is 4.79 Å². The second kappa shape index (κ2) is 6.69. The van der Waals surface area contributed by atoms with Crippen LogP contribution in [0.5, 0.6) is 0 Å². The van der Waals surface area contributed by atoms with Gasteiger partial charge in [-0.05, 0) is 58.7 Å². The summed E-state index contributed by atoms with van der Waals surface area (Å²) >= 11 is 0. The van der Waals surface area contributed by atoms with E-state index in [4.69, 9.17) is 0 Å². The Kier molecular flexibility index (Phi) is 5.53. The van der Waals surface area contributed by atoms with Crippen molar-refractivity contribution in [2.75, 3.05) is 19.6 Å². The van der Waals surface area contributed by atoms with Crippen molar-refractivity contribution >= 4 is 5.91 Å². The molecule has 1 rings (SSSR count). The van der Waals surface area contributed by atoms with Gasteiger partial charge in [0, 0.05) is 12.6 Å². The number of rotatable bonds is 4. The Morgan fingerprint density at radius 1 is 1.44 bits per heavy atom. The van der Waals surface area contributed by atoms with E-state index in [1.807, 2.05) is 17.9 Å². The van der Waals surface area contributed by atoms with Crippen molar-refractivity contribution in [1.29, 1.82) is 0 Å². The van der Waals surface area contributed by atoms with Crippen LogP contribution in [0.15, 0.2) is 12.2 Å². The number of carbonyl (C=O) groups is 1. The predicted molar refractivity (Wildman–Crippen MR) is 67.3 cm³/mol. The van der Waals surface area contributed by atoms with Gasteiger partial charge in [-0.3, -0.25) is 4.79 Å². The van der Waals surface area contributed by atoms with Gasteiger partial charge in [0.2, 0.25) is 5.91 Å². The highest BCUT2D eigenvalue weighted by Gasteiger charge is 2.21. The third-order valence-corrected chi connectivity index (χ3v) is 3.13. The highest BCUT2D eigenvalue weighted by Crippen LogP contribution is 2.15. The number of allylic oxidation sites excluding steroid dienone is 1. The summed E-state index contributed by atoms with van der Waals surface area (Å²) in [5.74, 6) is 0.814. The van der Waals surface area contributed by atoms with Crippen molar-refractivity contribution in [1.82, 2.24) is 10.2 Å². The number of hydrogen-bond donors (Lipinski definition) is 1. The van der Waals surface area contributed by atoms with Crippen molar-refractivity contribution < 1.29 is 4.79 Å². The summed E-state index contributed by atoms with van der Waals surface area (Å²) in [4.78, 5) is 13.9. The predicted octanol–water partition coefficient (Wildman–Crippen LogP) is 1.80. The van der Waals surface area contributed by atoms with E-state index < -0.39 is 0 Å². The van der Waals surface area contributed by atoms with Gasteiger partial charge < -0.3 is 10.2 Å². The summed E-state index contributed by atoms with van der Waals surface area (Å²) in [6.45, 7) is 9.15. The quantitative estimate of drug-likeness (QED) is 0.739. The van der Waals surface area contributed by atoms with Crippen molar-refractivity contribution in [3.05, 3.63) is 12.2 Å². The summed E-state index contributed by atoms with van der Waals surface area (Å²) in [5.41, 5.74) is 0. The van der Waals surface area contributed by atoms with E-state index in [9.17, 15) is 4.79 Å². The number of nitrogens with one attached hydrogen (secondary N) is 1. The molecule has 0 spiro atoms. The van der Waals surface area contributed by atoms with Gasteiger partial charge in [-0.1, -0.05) is 6.08 Å². The van der Waals surface area contributed by atoms with Crippen molar-refractivity contribution in [2.45, 2.75) is 39.7 Å². The molecule has 3 heteroatoms. The molecule has 92 valence electrons.